The van der Waals surface area contributed by atoms with E-state index in [0.29, 0.717) is 11.4 Å². The molecule has 0 fully saturated rings. The second kappa shape index (κ2) is 2.96. The summed E-state index contributed by atoms with van der Waals surface area (Å²) in [6.07, 6.45) is 1.51. The van der Waals surface area contributed by atoms with Crippen LogP contribution in [0.15, 0.2) is 17.4 Å². The van der Waals surface area contributed by atoms with Gasteiger partial charge in [-0.2, -0.15) is 0 Å². The van der Waals surface area contributed by atoms with E-state index in [4.69, 9.17) is 10.9 Å². The third-order valence-electron chi connectivity index (χ3n) is 1.19. The fourth-order valence-corrected chi connectivity index (χ4v) is 0.627. The molecule has 0 saturated carbocycles. The summed E-state index contributed by atoms with van der Waals surface area (Å²) in [6.45, 7) is 1.63. The van der Waals surface area contributed by atoms with E-state index in [9.17, 15) is 0 Å². The highest BCUT2D eigenvalue weighted by molar-refractivity contribution is 5.96. The van der Waals surface area contributed by atoms with E-state index >= 15 is 0 Å². The zero-order chi connectivity index (χ0) is 8.27. The van der Waals surface area contributed by atoms with Gasteiger partial charge in [-0.15, -0.1) is 0 Å². The van der Waals surface area contributed by atoms with Gasteiger partial charge < -0.3 is 10.9 Å². The van der Waals surface area contributed by atoms with Gasteiger partial charge in [0.25, 0.3) is 0 Å². The molecule has 0 aliphatic heterocycles. The number of hydrogen-bond donors (Lipinski definition) is 2. The Morgan fingerprint density at radius 1 is 1.73 bits per heavy atom. The molecule has 5 nitrogen and oxygen atoms in total. The molecule has 0 aliphatic rings. The van der Waals surface area contributed by atoms with Crippen molar-refractivity contribution in [1.82, 2.24) is 9.97 Å². The minimum atomic E-state index is 0.172. The minimum Gasteiger partial charge on any atom is -0.411 e. The van der Waals surface area contributed by atoms with Crippen LogP contribution in [-0.4, -0.2) is 20.9 Å². The number of aromatic nitrogens is 2. The molecular formula is C6H8N4O. The molecule has 11 heavy (non-hydrogen) atoms. The van der Waals surface area contributed by atoms with Gasteiger partial charge >= 0.3 is 0 Å². The summed E-state index contributed by atoms with van der Waals surface area (Å²) in [5.74, 6) is 0.172. The van der Waals surface area contributed by atoms with Gasteiger partial charge in [-0.25, -0.2) is 9.97 Å². The Morgan fingerprint density at radius 2 is 2.45 bits per heavy atom. The molecule has 0 aliphatic carbocycles. The lowest BCUT2D eigenvalue weighted by Gasteiger charge is -1.96. The van der Waals surface area contributed by atoms with Gasteiger partial charge in [-0.3, -0.25) is 0 Å². The minimum absolute atomic E-state index is 0.172. The molecule has 1 aromatic rings. The highest BCUT2D eigenvalue weighted by Crippen LogP contribution is 1.97. The Bertz CT molecular complexity index is 284. The van der Waals surface area contributed by atoms with Crippen LogP contribution < -0.4 is 5.73 Å². The van der Waals surface area contributed by atoms with E-state index in [2.05, 4.69) is 15.1 Å². The molecular weight excluding hydrogens is 144 g/mol. The number of nitrogens with zero attached hydrogens (tertiary/aromatic N) is 3. The number of oxime groups is 1. The Hall–Kier alpha value is -1.65. The molecule has 0 bridgehead atoms. The van der Waals surface area contributed by atoms with Crippen LogP contribution in [0.25, 0.3) is 0 Å². The van der Waals surface area contributed by atoms with Crippen molar-refractivity contribution in [3.63, 3.8) is 0 Å². The van der Waals surface area contributed by atoms with Gasteiger partial charge in [0.15, 0.2) is 0 Å². The van der Waals surface area contributed by atoms with Gasteiger partial charge in [-0.1, -0.05) is 5.16 Å². The predicted octanol–water partition coefficient (Wildman–Crippen LogP) is 0.257. The van der Waals surface area contributed by atoms with Gasteiger partial charge in [-0.05, 0) is 13.0 Å². The van der Waals surface area contributed by atoms with Crippen molar-refractivity contribution < 1.29 is 5.21 Å². The zero-order valence-electron chi connectivity index (χ0n) is 6.02. The molecule has 0 aromatic carbocycles. The van der Waals surface area contributed by atoms with E-state index in [1.807, 2.05) is 0 Å². The summed E-state index contributed by atoms with van der Waals surface area (Å²) in [5, 5.41) is 11.3. The first-order chi connectivity index (χ1) is 5.24. The molecule has 58 valence electrons. The van der Waals surface area contributed by atoms with E-state index in [0.717, 1.165) is 0 Å². The summed E-state index contributed by atoms with van der Waals surface area (Å²) in [4.78, 5) is 7.51. The SMILES string of the molecule is C/C(=N\O)c1ccnc(N)n1. The fraction of sp³-hybridized carbons (Fsp3) is 0.167. The van der Waals surface area contributed by atoms with Gasteiger partial charge in [0, 0.05) is 6.20 Å². The maximum atomic E-state index is 8.37. The van der Waals surface area contributed by atoms with E-state index in [1.54, 1.807) is 13.0 Å². The second-order valence-corrected chi connectivity index (χ2v) is 1.99. The van der Waals surface area contributed by atoms with Crippen molar-refractivity contribution in [2.24, 2.45) is 5.16 Å². The standard InChI is InChI=1S/C6H8N4O/c1-4(10-11)5-2-3-8-6(7)9-5/h2-3,11H,1H3,(H2,7,8,9)/b10-4+. The van der Waals surface area contributed by atoms with Crippen LogP contribution in [-0.2, 0) is 0 Å². The number of anilines is 1. The maximum absolute atomic E-state index is 8.37. The van der Waals surface area contributed by atoms with Crippen LogP contribution in [0.2, 0.25) is 0 Å². The average molecular weight is 152 g/mol. The molecule has 3 N–H and O–H groups in total. The molecule has 1 rings (SSSR count). The summed E-state index contributed by atoms with van der Waals surface area (Å²) >= 11 is 0. The molecule has 0 atom stereocenters. The highest BCUT2D eigenvalue weighted by atomic mass is 16.4. The smallest absolute Gasteiger partial charge is 0.220 e. The van der Waals surface area contributed by atoms with Crippen molar-refractivity contribution in [2.75, 3.05) is 5.73 Å². The lowest BCUT2D eigenvalue weighted by Crippen LogP contribution is -2.02. The first kappa shape index (κ1) is 7.46. The summed E-state index contributed by atoms with van der Waals surface area (Å²) in [6, 6.07) is 1.62. The van der Waals surface area contributed by atoms with Crippen LogP contribution in [0.1, 0.15) is 12.6 Å². The van der Waals surface area contributed by atoms with Gasteiger partial charge in [0.2, 0.25) is 5.95 Å². The van der Waals surface area contributed by atoms with Gasteiger partial charge in [0.05, 0.1) is 5.69 Å². The predicted molar refractivity (Wildman–Crippen MR) is 40.4 cm³/mol. The van der Waals surface area contributed by atoms with Crippen molar-refractivity contribution in [1.29, 1.82) is 0 Å². The number of hydrogen-bond acceptors (Lipinski definition) is 5. The number of nitrogen functional groups attached to an aromatic ring is 1. The number of nitrogens with two attached hydrogens (primary N) is 1. The van der Waals surface area contributed by atoms with Crippen molar-refractivity contribution >= 4 is 11.7 Å². The Morgan fingerprint density at radius 3 is 3.00 bits per heavy atom. The summed E-state index contributed by atoms with van der Waals surface area (Å²) < 4.78 is 0. The monoisotopic (exact) mass is 152 g/mol. The first-order valence-corrected chi connectivity index (χ1v) is 3.01. The van der Waals surface area contributed by atoms with Crippen molar-refractivity contribution in [2.45, 2.75) is 6.92 Å². The average Bonchev–Trinajstić information content (AvgIpc) is 2.03. The molecule has 0 amide bonds. The van der Waals surface area contributed by atoms with Crippen LogP contribution >= 0.6 is 0 Å². The third kappa shape index (κ3) is 1.64. The molecule has 5 heteroatoms. The number of rotatable bonds is 1. The van der Waals surface area contributed by atoms with E-state index < -0.39 is 0 Å². The topological polar surface area (TPSA) is 84.4 Å². The molecule has 1 aromatic heterocycles. The zero-order valence-corrected chi connectivity index (χ0v) is 6.02. The fourth-order valence-electron chi connectivity index (χ4n) is 0.627. The Labute approximate surface area is 63.6 Å². The normalized spacial score (nSPS) is 11.5. The summed E-state index contributed by atoms with van der Waals surface area (Å²) in [7, 11) is 0. The van der Waals surface area contributed by atoms with Crippen molar-refractivity contribution in [3.8, 4) is 0 Å². The van der Waals surface area contributed by atoms with Crippen LogP contribution in [0.4, 0.5) is 5.95 Å². The lowest BCUT2D eigenvalue weighted by atomic mass is 10.3. The van der Waals surface area contributed by atoms with Gasteiger partial charge in [0.1, 0.15) is 5.71 Å². The Kier molecular flexibility index (Phi) is 2.00. The maximum Gasteiger partial charge on any atom is 0.220 e. The molecule has 1 heterocycles. The first-order valence-electron chi connectivity index (χ1n) is 3.01. The van der Waals surface area contributed by atoms with E-state index in [-0.39, 0.29) is 5.95 Å². The quantitative estimate of drug-likeness (QED) is 0.343. The lowest BCUT2D eigenvalue weighted by molar-refractivity contribution is 0.319. The molecule has 0 spiro atoms. The third-order valence-corrected chi connectivity index (χ3v) is 1.19. The Balaban J connectivity index is 3.06. The van der Waals surface area contributed by atoms with Crippen LogP contribution in [0.5, 0.6) is 0 Å². The summed E-state index contributed by atoms with van der Waals surface area (Å²) in [5.41, 5.74) is 6.24. The molecule has 0 radical (unpaired) electrons. The van der Waals surface area contributed by atoms with Crippen molar-refractivity contribution in [3.05, 3.63) is 18.0 Å². The van der Waals surface area contributed by atoms with E-state index in [1.165, 1.54) is 6.20 Å². The second-order valence-electron chi connectivity index (χ2n) is 1.99. The largest absolute Gasteiger partial charge is 0.411 e. The highest BCUT2D eigenvalue weighted by Gasteiger charge is 1.98. The molecule has 0 unspecified atom stereocenters. The van der Waals surface area contributed by atoms with Crippen LogP contribution in [0, 0.1) is 0 Å². The molecule has 0 saturated heterocycles. The van der Waals surface area contributed by atoms with Crippen LogP contribution in [0.3, 0.4) is 0 Å².